The van der Waals surface area contributed by atoms with E-state index in [-0.39, 0.29) is 35.6 Å². The van der Waals surface area contributed by atoms with Gasteiger partial charge < -0.3 is 14.3 Å². The molecule has 1 aromatic rings. The predicted octanol–water partition coefficient (Wildman–Crippen LogP) is 4.72. The molecular formula is C14H25Cl2O3P. The number of benzene rings is 1. The summed E-state index contributed by atoms with van der Waals surface area (Å²) in [5.41, 5.74) is 2.07. The average Bonchev–Trinajstić information content (AvgIpc) is 2.13. The van der Waals surface area contributed by atoms with Gasteiger partial charge in [-0.3, -0.25) is 0 Å². The van der Waals surface area contributed by atoms with E-state index in [1.54, 1.807) is 6.07 Å². The summed E-state index contributed by atoms with van der Waals surface area (Å²) in [7, 11) is -2.39. The highest BCUT2D eigenvalue weighted by atomic mass is 35.5. The number of hydrogen-bond donors (Lipinski definition) is 2. The van der Waals surface area contributed by atoms with E-state index < -0.39 is 8.60 Å². The lowest BCUT2D eigenvalue weighted by Gasteiger charge is -2.31. The molecule has 0 aliphatic rings. The monoisotopic (exact) mass is 342 g/mol. The lowest BCUT2D eigenvalue weighted by atomic mass is 9.75. The zero-order valence-corrected chi connectivity index (χ0v) is 15.3. The zero-order chi connectivity index (χ0) is 14.1. The van der Waals surface area contributed by atoms with Crippen molar-refractivity contribution in [1.82, 2.24) is 0 Å². The third-order valence-corrected chi connectivity index (χ3v) is 3.12. The second-order valence-corrected chi connectivity index (χ2v) is 7.21. The van der Waals surface area contributed by atoms with E-state index in [0.29, 0.717) is 5.75 Å². The summed E-state index contributed by atoms with van der Waals surface area (Å²) in [5, 5.41) is 0. The molecule has 0 bridgehead atoms. The molecule has 118 valence electrons. The van der Waals surface area contributed by atoms with E-state index in [4.69, 9.17) is 14.3 Å². The van der Waals surface area contributed by atoms with Crippen LogP contribution in [0.4, 0.5) is 0 Å². The average molecular weight is 343 g/mol. The molecule has 0 amide bonds. The quantitative estimate of drug-likeness (QED) is 0.764. The van der Waals surface area contributed by atoms with Gasteiger partial charge in [0.1, 0.15) is 5.75 Å². The lowest BCUT2D eigenvalue weighted by molar-refractivity contribution is 0.368. The van der Waals surface area contributed by atoms with Gasteiger partial charge in [-0.05, 0) is 22.5 Å². The molecule has 0 heterocycles. The van der Waals surface area contributed by atoms with Crippen LogP contribution in [0.15, 0.2) is 18.2 Å². The fraction of sp³-hybridized carbons (Fsp3) is 0.571. The van der Waals surface area contributed by atoms with Crippen LogP contribution in [0.3, 0.4) is 0 Å². The fourth-order valence-corrected chi connectivity index (χ4v) is 2.42. The molecule has 0 spiro atoms. The second-order valence-electron chi connectivity index (χ2n) is 6.52. The summed E-state index contributed by atoms with van der Waals surface area (Å²) in [6, 6.07) is 5.76. The van der Waals surface area contributed by atoms with Gasteiger partial charge in [0.2, 0.25) is 0 Å². The maximum Gasteiger partial charge on any atom is 0.391 e. The molecule has 0 atom stereocenters. The second kappa shape index (κ2) is 7.82. The predicted molar refractivity (Wildman–Crippen MR) is 90.3 cm³/mol. The Balaban J connectivity index is 0. The van der Waals surface area contributed by atoms with Crippen LogP contribution < -0.4 is 4.52 Å². The van der Waals surface area contributed by atoms with Crippen molar-refractivity contribution < 1.29 is 14.3 Å². The molecule has 2 N–H and O–H groups in total. The van der Waals surface area contributed by atoms with Gasteiger partial charge in [-0.25, -0.2) is 0 Å². The fourth-order valence-electron chi connectivity index (χ4n) is 2.09. The number of hydrogen-bond acceptors (Lipinski definition) is 3. The van der Waals surface area contributed by atoms with Crippen LogP contribution in [0.1, 0.15) is 52.7 Å². The van der Waals surface area contributed by atoms with Crippen LogP contribution in [0.5, 0.6) is 5.75 Å². The Hall–Kier alpha value is -0.0500. The van der Waals surface area contributed by atoms with Crippen molar-refractivity contribution in [3.63, 3.8) is 0 Å². The van der Waals surface area contributed by atoms with E-state index in [1.807, 2.05) is 6.07 Å². The summed E-state index contributed by atoms with van der Waals surface area (Å²) in [6.07, 6.45) is 0. The topological polar surface area (TPSA) is 49.7 Å². The molecule has 1 rings (SSSR count). The van der Waals surface area contributed by atoms with Crippen LogP contribution in [-0.4, -0.2) is 9.79 Å². The Bertz CT molecular complexity index is 423. The standard InChI is InChI=1S/C14H23O3P.2ClH/c1-13(2,3)10-8-7-9-11(17-18(15)16)12(10)14(4,5)6;;/h7-9,15-16H,1-6H3;2*1H. The van der Waals surface area contributed by atoms with Crippen molar-refractivity contribution in [2.45, 2.75) is 52.4 Å². The van der Waals surface area contributed by atoms with E-state index in [9.17, 15) is 0 Å². The Morgan fingerprint density at radius 3 is 1.75 bits per heavy atom. The Morgan fingerprint density at radius 2 is 1.40 bits per heavy atom. The molecular weight excluding hydrogens is 318 g/mol. The highest BCUT2D eigenvalue weighted by Gasteiger charge is 2.29. The molecule has 0 saturated carbocycles. The zero-order valence-electron chi connectivity index (χ0n) is 12.8. The minimum atomic E-state index is -2.39. The first-order chi connectivity index (χ1) is 8.03. The van der Waals surface area contributed by atoms with Crippen LogP contribution in [0.25, 0.3) is 0 Å². The van der Waals surface area contributed by atoms with Crippen molar-refractivity contribution in [2.24, 2.45) is 0 Å². The maximum absolute atomic E-state index is 9.09. The summed E-state index contributed by atoms with van der Waals surface area (Å²) in [6.45, 7) is 12.7. The van der Waals surface area contributed by atoms with Crippen molar-refractivity contribution in [1.29, 1.82) is 0 Å². The van der Waals surface area contributed by atoms with Gasteiger partial charge in [-0.2, -0.15) is 0 Å². The maximum atomic E-state index is 9.09. The third-order valence-electron chi connectivity index (χ3n) is 2.76. The minimum Gasteiger partial charge on any atom is -0.427 e. The molecule has 3 nitrogen and oxygen atoms in total. The van der Waals surface area contributed by atoms with Gasteiger partial charge in [0.15, 0.2) is 0 Å². The first-order valence-corrected chi connectivity index (χ1v) is 7.20. The Kier molecular flexibility index (Phi) is 8.69. The summed E-state index contributed by atoms with van der Waals surface area (Å²) in [5.74, 6) is 0.561. The Morgan fingerprint density at radius 1 is 0.900 bits per heavy atom. The molecule has 0 unspecified atom stereocenters. The summed E-state index contributed by atoms with van der Waals surface area (Å²) in [4.78, 5) is 18.2. The largest absolute Gasteiger partial charge is 0.427 e. The number of rotatable bonds is 2. The summed E-state index contributed by atoms with van der Waals surface area (Å²) >= 11 is 0. The van der Waals surface area contributed by atoms with E-state index in [0.717, 1.165) is 5.56 Å². The normalized spacial score (nSPS) is 11.7. The molecule has 0 aromatic heterocycles. The van der Waals surface area contributed by atoms with E-state index in [2.05, 4.69) is 47.6 Å². The van der Waals surface area contributed by atoms with E-state index in [1.165, 1.54) is 5.56 Å². The molecule has 0 saturated heterocycles. The van der Waals surface area contributed by atoms with Crippen molar-refractivity contribution in [2.75, 3.05) is 0 Å². The highest BCUT2D eigenvalue weighted by molar-refractivity contribution is 7.39. The van der Waals surface area contributed by atoms with E-state index >= 15 is 0 Å². The van der Waals surface area contributed by atoms with Crippen LogP contribution in [0, 0.1) is 0 Å². The molecule has 1 aromatic carbocycles. The minimum absolute atomic E-state index is 0. The van der Waals surface area contributed by atoms with Gasteiger partial charge in [0.05, 0.1) is 0 Å². The summed E-state index contributed by atoms with van der Waals surface area (Å²) < 4.78 is 5.18. The highest BCUT2D eigenvalue weighted by Crippen LogP contribution is 2.42. The van der Waals surface area contributed by atoms with Crippen LogP contribution >= 0.6 is 33.4 Å². The van der Waals surface area contributed by atoms with Gasteiger partial charge >= 0.3 is 8.60 Å². The van der Waals surface area contributed by atoms with Crippen LogP contribution in [-0.2, 0) is 10.8 Å². The van der Waals surface area contributed by atoms with Crippen molar-refractivity contribution in [3.8, 4) is 5.75 Å². The molecule has 0 aliphatic heterocycles. The van der Waals surface area contributed by atoms with Crippen molar-refractivity contribution >= 4 is 33.4 Å². The molecule has 0 radical (unpaired) electrons. The first-order valence-electron chi connectivity index (χ1n) is 6.03. The molecule has 6 heteroatoms. The Labute approximate surface area is 135 Å². The van der Waals surface area contributed by atoms with Gasteiger partial charge in [0, 0.05) is 5.56 Å². The van der Waals surface area contributed by atoms with Crippen LogP contribution in [0.2, 0.25) is 0 Å². The lowest BCUT2D eigenvalue weighted by Crippen LogP contribution is -2.22. The van der Waals surface area contributed by atoms with Gasteiger partial charge in [-0.15, -0.1) is 24.8 Å². The SMILES string of the molecule is CC(C)(C)c1cccc(OP(O)O)c1C(C)(C)C.Cl.Cl. The molecule has 0 aliphatic carbocycles. The smallest absolute Gasteiger partial charge is 0.391 e. The molecule has 0 fully saturated rings. The third kappa shape index (κ3) is 5.75. The van der Waals surface area contributed by atoms with Gasteiger partial charge in [0.25, 0.3) is 0 Å². The molecule has 20 heavy (non-hydrogen) atoms. The van der Waals surface area contributed by atoms with Crippen molar-refractivity contribution in [3.05, 3.63) is 29.3 Å². The van der Waals surface area contributed by atoms with Gasteiger partial charge in [-0.1, -0.05) is 53.7 Å². The first kappa shape index (κ1) is 22.2. The number of halogens is 2.